The Balaban J connectivity index is 1.24. The maximum absolute atomic E-state index is 2.81. The molecule has 0 bridgehead atoms. The molecular weight excluding hydrogens is 846 g/mol. The van der Waals surface area contributed by atoms with Gasteiger partial charge in [-0.15, -0.1) is 0 Å². The van der Waals surface area contributed by atoms with Crippen LogP contribution in [0.4, 0.5) is 45.5 Å². The largest absolute Gasteiger partial charge is 0.332 e. The summed E-state index contributed by atoms with van der Waals surface area (Å²) in [7, 11) is 0. The predicted molar refractivity (Wildman–Crippen MR) is 301 cm³/mol. The van der Waals surface area contributed by atoms with Crippen molar-refractivity contribution >= 4 is 68.6 Å². The van der Waals surface area contributed by atoms with E-state index in [0.717, 1.165) is 49.2 Å². The molecule has 0 aromatic heterocycles. The number of allylic oxidation sites excluding steroid dienone is 2. The van der Waals surface area contributed by atoms with E-state index in [-0.39, 0.29) is 28.5 Å². The summed E-state index contributed by atoms with van der Waals surface area (Å²) in [5.74, 6) is 0. The molecular formula is C66H68BN3. The molecule has 0 radical (unpaired) electrons. The Morgan fingerprint density at radius 1 is 0.529 bits per heavy atom. The van der Waals surface area contributed by atoms with Crippen LogP contribution in [-0.2, 0) is 31.1 Å². The molecule has 4 heteroatoms. The fourth-order valence-electron chi connectivity index (χ4n) is 13.0. The van der Waals surface area contributed by atoms with Crippen molar-refractivity contribution in [3.63, 3.8) is 0 Å². The second-order valence-electron chi connectivity index (χ2n) is 24.5. The van der Waals surface area contributed by atoms with Crippen molar-refractivity contribution in [1.29, 1.82) is 0 Å². The molecule has 70 heavy (non-hydrogen) atoms. The maximum atomic E-state index is 2.81. The Bertz CT molecular complexity index is 3280. The lowest BCUT2D eigenvalue weighted by atomic mass is 9.33. The van der Waals surface area contributed by atoms with Crippen LogP contribution in [-0.4, -0.2) is 12.3 Å². The third-order valence-corrected chi connectivity index (χ3v) is 16.7. The van der Waals surface area contributed by atoms with E-state index in [1.807, 2.05) is 0 Å². The number of aryl methyl sites for hydroxylation is 2. The topological polar surface area (TPSA) is 9.72 Å². The average molecular weight is 914 g/mol. The van der Waals surface area contributed by atoms with Crippen molar-refractivity contribution in [2.24, 2.45) is 10.8 Å². The molecule has 5 aliphatic rings. The molecule has 1 unspecified atom stereocenters. The average Bonchev–Trinajstić information content (AvgIpc) is 3.80. The van der Waals surface area contributed by atoms with Crippen molar-refractivity contribution in [3.8, 4) is 11.1 Å². The van der Waals surface area contributed by atoms with Crippen molar-refractivity contribution in [1.82, 2.24) is 0 Å². The second-order valence-corrected chi connectivity index (χ2v) is 24.5. The van der Waals surface area contributed by atoms with E-state index >= 15 is 0 Å². The molecule has 7 aromatic carbocycles. The normalized spacial score (nSPS) is 19.0. The quantitative estimate of drug-likeness (QED) is 0.154. The number of hydrogen-bond donors (Lipinski definition) is 0. The molecule has 3 aliphatic carbocycles. The molecule has 0 spiro atoms. The van der Waals surface area contributed by atoms with Crippen LogP contribution in [0.15, 0.2) is 157 Å². The zero-order chi connectivity index (χ0) is 48.6. The zero-order valence-electron chi connectivity index (χ0n) is 43.4. The molecule has 7 aromatic rings. The highest BCUT2D eigenvalue weighted by Gasteiger charge is 2.50. The van der Waals surface area contributed by atoms with Gasteiger partial charge in [0.15, 0.2) is 0 Å². The van der Waals surface area contributed by atoms with Crippen LogP contribution in [0.2, 0.25) is 0 Å². The smallest absolute Gasteiger partial charge is 0.252 e. The van der Waals surface area contributed by atoms with Gasteiger partial charge in [-0.2, -0.15) is 0 Å². The van der Waals surface area contributed by atoms with Crippen molar-refractivity contribution in [2.75, 3.05) is 14.7 Å². The van der Waals surface area contributed by atoms with Gasteiger partial charge >= 0.3 is 0 Å². The van der Waals surface area contributed by atoms with Crippen molar-refractivity contribution in [3.05, 3.63) is 196 Å². The molecule has 2 heterocycles. The highest BCUT2D eigenvalue weighted by atomic mass is 15.2. The van der Waals surface area contributed by atoms with Crippen LogP contribution in [0.1, 0.15) is 108 Å². The third kappa shape index (κ3) is 7.22. The molecule has 1 atom stereocenters. The van der Waals surface area contributed by atoms with Crippen LogP contribution in [0.3, 0.4) is 0 Å². The van der Waals surface area contributed by atoms with Crippen LogP contribution < -0.4 is 31.1 Å². The number of nitrogens with zero attached hydrogens (tertiary/aromatic N) is 3. The molecule has 0 amide bonds. The van der Waals surface area contributed by atoms with Crippen molar-refractivity contribution < 1.29 is 0 Å². The van der Waals surface area contributed by atoms with Crippen LogP contribution in [0.25, 0.3) is 11.1 Å². The molecule has 0 saturated carbocycles. The molecule has 3 nitrogen and oxygen atoms in total. The number of rotatable bonds is 6. The lowest BCUT2D eigenvalue weighted by Crippen LogP contribution is -2.64. The molecule has 0 N–H and O–H groups in total. The number of anilines is 8. The van der Waals surface area contributed by atoms with E-state index < -0.39 is 0 Å². The van der Waals surface area contributed by atoms with Gasteiger partial charge in [-0.05, 0) is 192 Å². The summed E-state index contributed by atoms with van der Waals surface area (Å²) < 4.78 is 0. The fraction of sp³-hybridized carbons (Fsp3) is 0.303. The monoisotopic (exact) mass is 914 g/mol. The summed E-state index contributed by atoms with van der Waals surface area (Å²) in [6.45, 7) is 26.1. The first-order chi connectivity index (χ1) is 33.4. The molecule has 12 rings (SSSR count). The molecule has 0 saturated heterocycles. The van der Waals surface area contributed by atoms with Gasteiger partial charge in [0, 0.05) is 39.7 Å². The first-order valence-corrected chi connectivity index (χ1v) is 25.9. The first-order valence-electron chi connectivity index (χ1n) is 25.9. The van der Waals surface area contributed by atoms with E-state index in [9.17, 15) is 0 Å². The minimum absolute atomic E-state index is 0.0324. The van der Waals surface area contributed by atoms with Gasteiger partial charge in [0.25, 0.3) is 6.71 Å². The third-order valence-electron chi connectivity index (χ3n) is 16.7. The fourth-order valence-corrected chi connectivity index (χ4v) is 13.0. The molecule has 350 valence electrons. The van der Waals surface area contributed by atoms with E-state index in [1.54, 1.807) is 0 Å². The summed E-state index contributed by atoms with van der Waals surface area (Å²) >= 11 is 0. The van der Waals surface area contributed by atoms with E-state index in [2.05, 4.69) is 243 Å². The minimum Gasteiger partial charge on any atom is -0.332 e. The van der Waals surface area contributed by atoms with Crippen molar-refractivity contribution in [2.45, 2.75) is 119 Å². The lowest BCUT2D eigenvalue weighted by molar-refractivity contribution is 0.392. The summed E-state index contributed by atoms with van der Waals surface area (Å²) in [6, 6.07) is 52.5. The van der Waals surface area contributed by atoms with Gasteiger partial charge in [-0.25, -0.2) is 0 Å². The number of benzene rings is 7. The van der Waals surface area contributed by atoms with Gasteiger partial charge in [-0.1, -0.05) is 151 Å². The van der Waals surface area contributed by atoms with Crippen LogP contribution >= 0.6 is 0 Å². The highest BCUT2D eigenvalue weighted by Crippen LogP contribution is 2.53. The lowest BCUT2D eigenvalue weighted by Gasteiger charge is -2.52. The molecule has 2 aliphatic heterocycles. The Hall–Kier alpha value is -6.52. The summed E-state index contributed by atoms with van der Waals surface area (Å²) in [6.07, 6.45) is 12.3. The van der Waals surface area contributed by atoms with Gasteiger partial charge < -0.3 is 14.7 Å². The van der Waals surface area contributed by atoms with Gasteiger partial charge in [-0.3, -0.25) is 0 Å². The Morgan fingerprint density at radius 2 is 1.07 bits per heavy atom. The van der Waals surface area contributed by atoms with E-state index in [1.165, 1.54) is 100 Å². The van der Waals surface area contributed by atoms with E-state index in [0.29, 0.717) is 0 Å². The zero-order valence-corrected chi connectivity index (χ0v) is 43.4. The SMILES string of the molecule is CC1=CC=CCC1(C)N1c2cc3c(cc2B2c4cc5c(cc4N(c4ccc(C(C)(C)C)cc4-c4ccccc4)c4cc(N(c6ccc(C)cc6)c6ccc(C)cc6)cc1c42)CC(C)(C)C5)CC(C)(C)C3. The van der Waals surface area contributed by atoms with Gasteiger partial charge in [0.2, 0.25) is 0 Å². The summed E-state index contributed by atoms with van der Waals surface area (Å²) in [4.78, 5) is 8.03. The van der Waals surface area contributed by atoms with Gasteiger partial charge in [0.1, 0.15) is 0 Å². The second kappa shape index (κ2) is 15.7. The van der Waals surface area contributed by atoms with Gasteiger partial charge in [0.05, 0.1) is 16.9 Å². The Labute approximate surface area is 418 Å². The van der Waals surface area contributed by atoms with Crippen LogP contribution in [0, 0.1) is 24.7 Å². The number of hydrogen-bond acceptors (Lipinski definition) is 3. The summed E-state index contributed by atoms with van der Waals surface area (Å²) in [5.41, 5.74) is 27.9. The van der Waals surface area contributed by atoms with E-state index in [4.69, 9.17) is 0 Å². The predicted octanol–water partition coefficient (Wildman–Crippen LogP) is 15.4. The highest BCUT2D eigenvalue weighted by molar-refractivity contribution is 7.00. The number of fused-ring (bicyclic) bond motifs is 6. The Kier molecular flexibility index (Phi) is 10.0. The minimum atomic E-state index is -0.321. The maximum Gasteiger partial charge on any atom is 0.252 e. The molecule has 0 fully saturated rings. The van der Waals surface area contributed by atoms with Crippen LogP contribution in [0.5, 0.6) is 0 Å². The standard InChI is InChI=1S/C66H68BN3/c1-42-20-25-51(26-21-42)68(52-27-22-43(2)23-28-52)53-36-60-62-61(37-53)70(66(11)30-16-15-17-44(66)3)59-34-49-41-65(9,10)39-47(49)32-56(59)67(62)55-31-46-38-64(7,8)40-48(46)33-58(55)69(60)57-29-24-50(63(4,5)6)35-54(57)45-18-13-12-14-19-45/h12-29,31-37H,30,38-41H2,1-11H3. The summed E-state index contributed by atoms with van der Waals surface area (Å²) in [5, 5.41) is 0. The first kappa shape index (κ1) is 44.7. The Morgan fingerprint density at radius 3 is 1.64 bits per heavy atom.